The van der Waals surface area contributed by atoms with Gasteiger partial charge in [-0.15, -0.1) is 0 Å². The van der Waals surface area contributed by atoms with Crippen LogP contribution in [0.5, 0.6) is 5.75 Å². The molecule has 1 aromatic carbocycles. The quantitative estimate of drug-likeness (QED) is 0.769. The van der Waals surface area contributed by atoms with E-state index in [1.54, 1.807) is 12.1 Å². The average molecular weight is 272 g/mol. The van der Waals surface area contributed by atoms with Crippen molar-refractivity contribution in [3.05, 3.63) is 22.7 Å². The number of hydrogen-bond acceptors (Lipinski definition) is 4. The summed E-state index contributed by atoms with van der Waals surface area (Å²) in [7, 11) is 1.50. The van der Waals surface area contributed by atoms with Crippen LogP contribution in [-0.4, -0.2) is 25.6 Å². The summed E-state index contributed by atoms with van der Waals surface area (Å²) in [4.78, 5) is 21.7. The highest BCUT2D eigenvalue weighted by molar-refractivity contribution is 6.31. The minimum absolute atomic E-state index is 0.0969. The molecule has 0 atom stereocenters. The second-order valence-electron chi connectivity index (χ2n) is 3.57. The molecular formula is C11H14ClN3O3. The Kier molecular flexibility index (Phi) is 4.79. The Hall–Kier alpha value is -1.95. The maximum atomic E-state index is 11.2. The number of anilines is 1. The predicted octanol–water partition coefficient (Wildman–Crippen LogP) is 1.26. The zero-order valence-electron chi connectivity index (χ0n) is 10.0. The Morgan fingerprint density at radius 3 is 2.67 bits per heavy atom. The third-order valence-corrected chi connectivity index (χ3v) is 2.59. The van der Waals surface area contributed by atoms with E-state index in [9.17, 15) is 9.59 Å². The first-order chi connectivity index (χ1) is 8.43. The van der Waals surface area contributed by atoms with Crippen molar-refractivity contribution in [1.82, 2.24) is 5.32 Å². The molecule has 0 aromatic heterocycles. The zero-order valence-corrected chi connectivity index (χ0v) is 10.8. The van der Waals surface area contributed by atoms with Crippen LogP contribution < -0.4 is 21.1 Å². The van der Waals surface area contributed by atoms with Crippen molar-refractivity contribution < 1.29 is 14.3 Å². The van der Waals surface area contributed by atoms with Gasteiger partial charge in [-0.05, 0) is 18.6 Å². The number of benzene rings is 1. The number of amides is 3. The van der Waals surface area contributed by atoms with E-state index < -0.39 is 11.9 Å². The normalized spacial score (nSPS) is 9.72. The first-order valence-electron chi connectivity index (χ1n) is 5.11. The van der Waals surface area contributed by atoms with E-state index in [0.717, 1.165) is 5.56 Å². The number of carbonyl (C=O) groups excluding carboxylic acids is 2. The molecule has 1 rings (SSSR count). The molecule has 0 saturated heterocycles. The lowest BCUT2D eigenvalue weighted by Crippen LogP contribution is -2.38. The van der Waals surface area contributed by atoms with Gasteiger partial charge < -0.3 is 15.8 Å². The van der Waals surface area contributed by atoms with Crippen LogP contribution >= 0.6 is 11.6 Å². The molecule has 0 bridgehead atoms. The largest absolute Gasteiger partial charge is 0.495 e. The van der Waals surface area contributed by atoms with Crippen molar-refractivity contribution in [2.75, 3.05) is 19.0 Å². The first-order valence-corrected chi connectivity index (χ1v) is 5.49. The molecule has 0 aliphatic heterocycles. The SMILES string of the molecule is COc1cc(Cl)c(C)cc1NCC(=O)NC(N)=O. The molecule has 18 heavy (non-hydrogen) atoms. The molecule has 0 radical (unpaired) electrons. The van der Waals surface area contributed by atoms with Gasteiger partial charge in [-0.3, -0.25) is 10.1 Å². The van der Waals surface area contributed by atoms with Crippen LogP contribution in [0.2, 0.25) is 5.02 Å². The van der Waals surface area contributed by atoms with Crippen LogP contribution in [-0.2, 0) is 4.79 Å². The summed E-state index contributed by atoms with van der Waals surface area (Å²) in [5.74, 6) is -0.0189. The lowest BCUT2D eigenvalue weighted by molar-refractivity contribution is -0.118. The number of primary amides is 1. The fourth-order valence-electron chi connectivity index (χ4n) is 1.33. The lowest BCUT2D eigenvalue weighted by Gasteiger charge is -2.12. The lowest BCUT2D eigenvalue weighted by atomic mass is 10.2. The minimum atomic E-state index is -0.888. The molecule has 0 aliphatic rings. The number of urea groups is 1. The number of methoxy groups -OCH3 is 1. The number of halogens is 1. The van der Waals surface area contributed by atoms with Crippen LogP contribution in [0.3, 0.4) is 0 Å². The van der Waals surface area contributed by atoms with Gasteiger partial charge in [0.1, 0.15) is 5.75 Å². The van der Waals surface area contributed by atoms with Crippen molar-refractivity contribution in [2.45, 2.75) is 6.92 Å². The van der Waals surface area contributed by atoms with Crippen LogP contribution in [0, 0.1) is 6.92 Å². The molecule has 0 heterocycles. The van der Waals surface area contributed by atoms with Gasteiger partial charge in [0.25, 0.3) is 0 Å². The summed E-state index contributed by atoms with van der Waals surface area (Å²) < 4.78 is 5.12. The van der Waals surface area contributed by atoms with Crippen molar-refractivity contribution in [3.63, 3.8) is 0 Å². The van der Waals surface area contributed by atoms with Gasteiger partial charge in [-0.25, -0.2) is 4.79 Å². The number of imide groups is 1. The molecule has 4 N–H and O–H groups in total. The van der Waals surface area contributed by atoms with Crippen molar-refractivity contribution in [3.8, 4) is 5.75 Å². The third kappa shape index (κ3) is 3.81. The van der Waals surface area contributed by atoms with Crippen LogP contribution in [0.25, 0.3) is 0 Å². The highest BCUT2D eigenvalue weighted by Gasteiger charge is 2.09. The summed E-state index contributed by atoms with van der Waals surface area (Å²) >= 11 is 5.95. The van der Waals surface area contributed by atoms with Gasteiger partial charge in [0.05, 0.1) is 19.3 Å². The number of ether oxygens (including phenoxy) is 1. The predicted molar refractivity (Wildman–Crippen MR) is 69.0 cm³/mol. The zero-order chi connectivity index (χ0) is 13.7. The van der Waals surface area contributed by atoms with E-state index in [1.165, 1.54) is 7.11 Å². The molecular weight excluding hydrogens is 258 g/mol. The van der Waals surface area contributed by atoms with Gasteiger partial charge >= 0.3 is 6.03 Å². The van der Waals surface area contributed by atoms with E-state index in [4.69, 9.17) is 22.1 Å². The summed E-state index contributed by atoms with van der Waals surface area (Å²) in [5.41, 5.74) is 6.27. The van der Waals surface area contributed by atoms with Crippen LogP contribution in [0.15, 0.2) is 12.1 Å². The Labute approximate surface area is 109 Å². The van der Waals surface area contributed by atoms with Gasteiger partial charge in [-0.1, -0.05) is 11.6 Å². The number of carbonyl (C=O) groups is 2. The Morgan fingerprint density at radius 1 is 1.44 bits per heavy atom. The Morgan fingerprint density at radius 2 is 2.11 bits per heavy atom. The highest BCUT2D eigenvalue weighted by Crippen LogP contribution is 2.30. The monoisotopic (exact) mass is 271 g/mol. The van der Waals surface area contributed by atoms with E-state index in [2.05, 4.69) is 5.32 Å². The molecule has 3 amide bonds. The second kappa shape index (κ2) is 6.11. The number of rotatable bonds is 4. The van der Waals surface area contributed by atoms with E-state index >= 15 is 0 Å². The van der Waals surface area contributed by atoms with E-state index in [1.807, 2.05) is 12.2 Å². The molecule has 1 aromatic rings. The number of aryl methyl sites for hydroxylation is 1. The summed E-state index contributed by atoms with van der Waals surface area (Å²) in [6.07, 6.45) is 0. The molecule has 0 spiro atoms. The van der Waals surface area contributed by atoms with Crippen LogP contribution in [0.1, 0.15) is 5.56 Å². The fraction of sp³-hybridized carbons (Fsp3) is 0.273. The van der Waals surface area contributed by atoms with E-state index in [0.29, 0.717) is 16.5 Å². The molecule has 0 unspecified atom stereocenters. The average Bonchev–Trinajstić information content (AvgIpc) is 2.29. The van der Waals surface area contributed by atoms with Gasteiger partial charge in [-0.2, -0.15) is 0 Å². The topological polar surface area (TPSA) is 93.4 Å². The number of nitrogens with one attached hydrogen (secondary N) is 2. The Balaban J connectivity index is 2.75. The summed E-state index contributed by atoms with van der Waals surface area (Å²) in [6, 6.07) is 2.50. The molecule has 0 aliphatic carbocycles. The first kappa shape index (κ1) is 14.1. The number of nitrogens with two attached hydrogens (primary N) is 1. The van der Waals surface area contributed by atoms with E-state index in [-0.39, 0.29) is 6.54 Å². The van der Waals surface area contributed by atoms with Gasteiger partial charge in [0, 0.05) is 11.1 Å². The third-order valence-electron chi connectivity index (χ3n) is 2.18. The second-order valence-corrected chi connectivity index (χ2v) is 3.97. The molecule has 0 saturated carbocycles. The smallest absolute Gasteiger partial charge is 0.318 e. The molecule has 7 heteroatoms. The maximum absolute atomic E-state index is 11.2. The summed E-state index contributed by atoms with van der Waals surface area (Å²) in [5, 5.41) is 5.35. The number of hydrogen-bond donors (Lipinski definition) is 3. The van der Waals surface area contributed by atoms with Crippen molar-refractivity contribution in [2.24, 2.45) is 5.73 Å². The molecule has 6 nitrogen and oxygen atoms in total. The van der Waals surface area contributed by atoms with Crippen molar-refractivity contribution >= 4 is 29.2 Å². The van der Waals surface area contributed by atoms with Crippen molar-refractivity contribution in [1.29, 1.82) is 0 Å². The fourth-order valence-corrected chi connectivity index (χ4v) is 1.48. The maximum Gasteiger partial charge on any atom is 0.318 e. The minimum Gasteiger partial charge on any atom is -0.495 e. The highest BCUT2D eigenvalue weighted by atomic mass is 35.5. The van der Waals surface area contributed by atoms with Crippen LogP contribution in [0.4, 0.5) is 10.5 Å². The molecule has 98 valence electrons. The summed E-state index contributed by atoms with van der Waals surface area (Å²) in [6.45, 7) is 1.73. The standard InChI is InChI=1S/C11H14ClN3O3/c1-6-3-8(9(18-2)4-7(6)12)14-5-10(16)15-11(13)17/h3-4,14H,5H2,1-2H3,(H3,13,15,16,17). The molecule has 0 fully saturated rings. The Bertz CT molecular complexity index is 477. The van der Waals surface area contributed by atoms with Gasteiger partial charge in [0.2, 0.25) is 5.91 Å². The van der Waals surface area contributed by atoms with Gasteiger partial charge in [0.15, 0.2) is 0 Å².